The Labute approximate surface area is 120 Å². The van der Waals surface area contributed by atoms with Crippen LogP contribution in [0, 0.1) is 0 Å². The number of amides is 1. The van der Waals surface area contributed by atoms with Gasteiger partial charge in [0.1, 0.15) is 0 Å². The molecule has 0 bridgehead atoms. The maximum atomic E-state index is 12.0. The van der Waals surface area contributed by atoms with E-state index in [9.17, 15) is 9.90 Å². The summed E-state index contributed by atoms with van der Waals surface area (Å²) in [7, 11) is 4.00. The Kier molecular flexibility index (Phi) is 5.11. The van der Waals surface area contributed by atoms with Gasteiger partial charge in [0.05, 0.1) is 18.2 Å². The molecular weight excluding hydrogens is 254 g/mol. The third-order valence-electron chi connectivity index (χ3n) is 3.70. The average Bonchev–Trinajstić information content (AvgIpc) is 2.86. The van der Waals surface area contributed by atoms with E-state index in [1.54, 1.807) is 0 Å². The Morgan fingerprint density at radius 1 is 1.45 bits per heavy atom. The summed E-state index contributed by atoms with van der Waals surface area (Å²) in [6, 6.07) is 9.99. The second-order valence-corrected chi connectivity index (χ2v) is 5.49. The van der Waals surface area contributed by atoms with Gasteiger partial charge in [0.15, 0.2) is 0 Å². The first kappa shape index (κ1) is 15.0. The lowest BCUT2D eigenvalue weighted by Gasteiger charge is -2.25. The second kappa shape index (κ2) is 6.83. The van der Waals surface area contributed by atoms with Gasteiger partial charge in [-0.2, -0.15) is 0 Å². The molecule has 1 saturated heterocycles. The first-order chi connectivity index (χ1) is 9.58. The van der Waals surface area contributed by atoms with E-state index < -0.39 is 6.10 Å². The van der Waals surface area contributed by atoms with Crippen LogP contribution in [-0.4, -0.2) is 55.2 Å². The van der Waals surface area contributed by atoms with Crippen LogP contribution in [0.1, 0.15) is 18.0 Å². The molecule has 110 valence electrons. The van der Waals surface area contributed by atoms with Crippen molar-refractivity contribution in [3.8, 4) is 0 Å². The van der Waals surface area contributed by atoms with E-state index >= 15 is 0 Å². The predicted molar refractivity (Wildman–Crippen MR) is 78.3 cm³/mol. The van der Waals surface area contributed by atoms with Gasteiger partial charge in [-0.3, -0.25) is 4.79 Å². The van der Waals surface area contributed by atoms with Gasteiger partial charge in [-0.25, -0.2) is 0 Å². The quantitative estimate of drug-likeness (QED) is 0.716. The van der Waals surface area contributed by atoms with E-state index in [1.807, 2.05) is 32.3 Å². The first-order valence-electron chi connectivity index (χ1n) is 6.98. The molecule has 5 heteroatoms. The van der Waals surface area contributed by atoms with Crippen LogP contribution in [0.4, 0.5) is 0 Å². The standard InChI is InChI=1S/C15H23N3O2/c1-18(2)14(11-6-4-3-5-7-11)10-17-15(20)13-8-12(19)9-16-13/h3-7,12-14,16,19H,8-10H2,1-2H3,(H,17,20)/t12-,13-,14-/m1/s1. The molecule has 1 heterocycles. The molecule has 20 heavy (non-hydrogen) atoms. The molecule has 0 unspecified atom stereocenters. The van der Waals surface area contributed by atoms with Gasteiger partial charge in [-0.1, -0.05) is 30.3 Å². The summed E-state index contributed by atoms with van der Waals surface area (Å²) in [4.78, 5) is 14.1. The summed E-state index contributed by atoms with van der Waals surface area (Å²) in [5.41, 5.74) is 1.18. The van der Waals surface area contributed by atoms with Gasteiger partial charge in [-0.05, 0) is 26.1 Å². The van der Waals surface area contributed by atoms with Crippen LogP contribution in [0.25, 0.3) is 0 Å². The third-order valence-corrected chi connectivity index (χ3v) is 3.70. The van der Waals surface area contributed by atoms with Crippen molar-refractivity contribution in [2.45, 2.75) is 24.6 Å². The van der Waals surface area contributed by atoms with Crippen LogP contribution in [-0.2, 0) is 4.79 Å². The number of aliphatic hydroxyl groups is 1. The van der Waals surface area contributed by atoms with Crippen molar-refractivity contribution in [1.82, 2.24) is 15.5 Å². The molecule has 0 radical (unpaired) electrons. The Morgan fingerprint density at radius 3 is 2.70 bits per heavy atom. The Morgan fingerprint density at radius 2 is 2.15 bits per heavy atom. The summed E-state index contributed by atoms with van der Waals surface area (Å²) in [6.45, 7) is 1.05. The van der Waals surface area contributed by atoms with Gasteiger partial charge < -0.3 is 20.6 Å². The Bertz CT molecular complexity index is 436. The molecule has 0 spiro atoms. The topological polar surface area (TPSA) is 64.6 Å². The van der Waals surface area contributed by atoms with Crippen LogP contribution >= 0.6 is 0 Å². The first-order valence-corrected chi connectivity index (χ1v) is 6.98. The largest absolute Gasteiger partial charge is 0.392 e. The molecule has 0 aromatic heterocycles. The van der Waals surface area contributed by atoms with Gasteiger partial charge in [0.25, 0.3) is 0 Å². The zero-order valence-electron chi connectivity index (χ0n) is 12.0. The summed E-state index contributed by atoms with van der Waals surface area (Å²) in [5, 5.41) is 15.4. The van der Waals surface area contributed by atoms with Crippen molar-refractivity contribution in [3.05, 3.63) is 35.9 Å². The van der Waals surface area contributed by atoms with E-state index in [0.717, 1.165) is 0 Å². The Balaban J connectivity index is 1.91. The number of benzene rings is 1. The number of hydrogen-bond donors (Lipinski definition) is 3. The molecule has 1 aliphatic rings. The van der Waals surface area contributed by atoms with Crippen molar-refractivity contribution >= 4 is 5.91 Å². The van der Waals surface area contributed by atoms with Gasteiger partial charge >= 0.3 is 0 Å². The minimum absolute atomic E-state index is 0.0377. The monoisotopic (exact) mass is 277 g/mol. The number of aliphatic hydroxyl groups excluding tert-OH is 1. The summed E-state index contributed by atoms with van der Waals surface area (Å²) in [6.07, 6.45) is 0.0774. The molecule has 0 saturated carbocycles. The predicted octanol–water partition coefficient (Wildman–Crippen LogP) is 0.128. The highest BCUT2D eigenvalue weighted by Gasteiger charge is 2.28. The highest BCUT2D eigenvalue weighted by Crippen LogP contribution is 2.17. The highest BCUT2D eigenvalue weighted by atomic mass is 16.3. The molecular formula is C15H23N3O2. The number of nitrogens with one attached hydrogen (secondary N) is 2. The van der Waals surface area contributed by atoms with Crippen LogP contribution < -0.4 is 10.6 Å². The fraction of sp³-hybridized carbons (Fsp3) is 0.533. The van der Waals surface area contributed by atoms with E-state index in [4.69, 9.17) is 0 Å². The fourth-order valence-electron chi connectivity index (χ4n) is 2.51. The van der Waals surface area contributed by atoms with Gasteiger partial charge in [0, 0.05) is 13.1 Å². The normalized spacial score (nSPS) is 23.8. The molecule has 2 rings (SSSR count). The lowest BCUT2D eigenvalue weighted by molar-refractivity contribution is -0.123. The van der Waals surface area contributed by atoms with Crippen LogP contribution in [0.15, 0.2) is 30.3 Å². The van der Waals surface area contributed by atoms with Crippen molar-refractivity contribution in [3.63, 3.8) is 0 Å². The molecule has 1 fully saturated rings. The van der Waals surface area contributed by atoms with E-state index in [2.05, 4.69) is 27.7 Å². The number of nitrogens with zero attached hydrogens (tertiary/aromatic N) is 1. The summed E-state index contributed by atoms with van der Waals surface area (Å²) >= 11 is 0. The number of rotatable bonds is 5. The molecule has 1 aromatic carbocycles. The third kappa shape index (κ3) is 3.79. The number of β-amino-alcohol motifs (C(OH)–C–C–N with tert-alkyl or cyclic N) is 1. The molecule has 1 amide bonds. The summed E-state index contributed by atoms with van der Waals surface area (Å²) < 4.78 is 0. The van der Waals surface area contributed by atoms with Crippen molar-refractivity contribution in [1.29, 1.82) is 0 Å². The molecule has 3 atom stereocenters. The van der Waals surface area contributed by atoms with E-state index in [0.29, 0.717) is 19.5 Å². The fourth-order valence-corrected chi connectivity index (χ4v) is 2.51. The second-order valence-electron chi connectivity index (χ2n) is 5.49. The zero-order valence-corrected chi connectivity index (χ0v) is 12.0. The molecule has 0 aliphatic carbocycles. The van der Waals surface area contributed by atoms with Gasteiger partial charge in [0.2, 0.25) is 5.91 Å². The highest BCUT2D eigenvalue weighted by molar-refractivity contribution is 5.82. The SMILES string of the molecule is CN(C)[C@H](CNC(=O)[C@H]1C[C@@H](O)CN1)c1ccccc1. The molecule has 3 N–H and O–H groups in total. The maximum Gasteiger partial charge on any atom is 0.237 e. The smallest absolute Gasteiger partial charge is 0.237 e. The number of hydrogen-bond acceptors (Lipinski definition) is 4. The molecule has 5 nitrogen and oxygen atoms in total. The van der Waals surface area contributed by atoms with Crippen LogP contribution in [0.2, 0.25) is 0 Å². The lowest BCUT2D eigenvalue weighted by Crippen LogP contribution is -2.43. The Hall–Kier alpha value is -1.43. The summed E-state index contributed by atoms with van der Waals surface area (Å²) in [5.74, 6) is -0.0377. The number of carbonyl (C=O) groups excluding carboxylic acids is 1. The minimum atomic E-state index is -0.412. The molecule has 1 aliphatic heterocycles. The lowest BCUT2D eigenvalue weighted by atomic mass is 10.1. The van der Waals surface area contributed by atoms with Crippen LogP contribution in [0.5, 0.6) is 0 Å². The maximum absolute atomic E-state index is 12.0. The van der Waals surface area contributed by atoms with Gasteiger partial charge in [-0.15, -0.1) is 0 Å². The zero-order chi connectivity index (χ0) is 14.5. The minimum Gasteiger partial charge on any atom is -0.392 e. The van der Waals surface area contributed by atoms with E-state index in [1.165, 1.54) is 5.56 Å². The average molecular weight is 277 g/mol. The van der Waals surface area contributed by atoms with E-state index in [-0.39, 0.29) is 18.0 Å². The number of carbonyl (C=O) groups is 1. The van der Waals surface area contributed by atoms with Crippen molar-refractivity contribution < 1.29 is 9.90 Å². The number of likely N-dealkylation sites (N-methyl/N-ethyl adjacent to an activating group) is 1. The van der Waals surface area contributed by atoms with Crippen LogP contribution in [0.3, 0.4) is 0 Å². The van der Waals surface area contributed by atoms with Crippen molar-refractivity contribution in [2.24, 2.45) is 0 Å². The molecule has 1 aromatic rings. The van der Waals surface area contributed by atoms with Crippen molar-refractivity contribution in [2.75, 3.05) is 27.2 Å².